The minimum atomic E-state index is -4.91. The van der Waals surface area contributed by atoms with E-state index >= 15 is 0 Å². The van der Waals surface area contributed by atoms with E-state index in [0.717, 1.165) is 0 Å². The smallest absolute Gasteiger partial charge is 0.396 e. The van der Waals surface area contributed by atoms with Gasteiger partial charge in [-0.15, -0.1) is 0 Å². The molecule has 0 aliphatic heterocycles. The van der Waals surface area contributed by atoms with E-state index in [9.17, 15) is 26.3 Å². The van der Waals surface area contributed by atoms with Gasteiger partial charge >= 0.3 is 12.4 Å². The van der Waals surface area contributed by atoms with Gasteiger partial charge in [0.15, 0.2) is 0 Å². The molecule has 2 nitrogen and oxygen atoms in total. The number of aliphatic hydroxyl groups excluding tert-OH is 1. The van der Waals surface area contributed by atoms with Crippen LogP contribution in [0.2, 0.25) is 0 Å². The number of alkyl halides is 6. The van der Waals surface area contributed by atoms with Gasteiger partial charge in [-0.2, -0.15) is 26.3 Å². The predicted octanol–water partition coefficient (Wildman–Crippen LogP) is 3.28. The average molecular weight is 301 g/mol. The number of hydrogen-bond donors (Lipinski definition) is 2. The molecule has 0 bridgehead atoms. The predicted molar refractivity (Wildman–Crippen MR) is 59.7 cm³/mol. The Labute approximate surface area is 111 Å². The lowest BCUT2D eigenvalue weighted by Gasteiger charge is -2.26. The number of rotatable bonds is 3. The van der Waals surface area contributed by atoms with Gasteiger partial charge in [-0.3, -0.25) is 0 Å². The minimum absolute atomic E-state index is 0.0402. The molecule has 0 aromatic heterocycles. The summed E-state index contributed by atoms with van der Waals surface area (Å²) in [5.74, 6) is 0. The van der Waals surface area contributed by atoms with E-state index in [1.165, 1.54) is 6.92 Å². The molecular formula is C12H13F6NO. The van der Waals surface area contributed by atoms with E-state index in [-0.39, 0.29) is 18.1 Å². The van der Waals surface area contributed by atoms with Gasteiger partial charge in [0.05, 0.1) is 11.1 Å². The van der Waals surface area contributed by atoms with E-state index < -0.39 is 35.6 Å². The molecule has 20 heavy (non-hydrogen) atoms. The maximum absolute atomic E-state index is 12.7. The molecule has 114 valence electrons. The van der Waals surface area contributed by atoms with Crippen molar-refractivity contribution >= 4 is 0 Å². The summed E-state index contributed by atoms with van der Waals surface area (Å²) in [5, 5.41) is 8.80. The van der Waals surface area contributed by atoms with Gasteiger partial charge in [-0.1, -0.05) is 0 Å². The standard InChI is InChI=1S/C12H13F6NO/c1-10(19,2-3-20)7-4-8(11(13,14)15)6-9(5-7)12(16,17)18/h4-6,20H,2-3,19H2,1H3. The third-order valence-electron chi connectivity index (χ3n) is 2.88. The first-order valence-corrected chi connectivity index (χ1v) is 5.57. The van der Waals surface area contributed by atoms with E-state index in [2.05, 4.69) is 0 Å². The third-order valence-corrected chi connectivity index (χ3v) is 2.88. The van der Waals surface area contributed by atoms with Gasteiger partial charge in [-0.05, 0) is 37.1 Å². The largest absolute Gasteiger partial charge is 0.416 e. The van der Waals surface area contributed by atoms with Crippen LogP contribution in [0.1, 0.15) is 30.0 Å². The minimum Gasteiger partial charge on any atom is -0.396 e. The summed E-state index contributed by atoms with van der Waals surface area (Å²) < 4.78 is 75.9. The first kappa shape index (κ1) is 16.8. The molecule has 1 aromatic carbocycles. The Bertz CT molecular complexity index is 446. The highest BCUT2D eigenvalue weighted by atomic mass is 19.4. The number of nitrogens with two attached hydrogens (primary N) is 1. The second-order valence-electron chi connectivity index (χ2n) is 4.69. The quantitative estimate of drug-likeness (QED) is 0.842. The number of hydrogen-bond acceptors (Lipinski definition) is 2. The zero-order chi connectivity index (χ0) is 15.8. The molecule has 0 spiro atoms. The van der Waals surface area contributed by atoms with Gasteiger partial charge in [0.2, 0.25) is 0 Å². The molecule has 0 aliphatic rings. The summed E-state index contributed by atoms with van der Waals surface area (Å²) in [6.45, 7) is 0.809. The van der Waals surface area contributed by atoms with Crippen LogP contribution in [0.3, 0.4) is 0 Å². The molecule has 0 radical (unpaired) electrons. The van der Waals surface area contributed by atoms with E-state index in [4.69, 9.17) is 10.8 Å². The van der Waals surface area contributed by atoms with Crippen molar-refractivity contribution < 1.29 is 31.4 Å². The molecule has 0 aliphatic carbocycles. The van der Waals surface area contributed by atoms with Gasteiger partial charge in [-0.25, -0.2) is 0 Å². The van der Waals surface area contributed by atoms with Crippen LogP contribution in [0.5, 0.6) is 0 Å². The molecule has 0 fully saturated rings. The molecule has 3 N–H and O–H groups in total. The normalized spacial score (nSPS) is 16.1. The molecule has 8 heteroatoms. The third kappa shape index (κ3) is 3.86. The van der Waals surface area contributed by atoms with Crippen molar-refractivity contribution in [1.29, 1.82) is 0 Å². The molecule has 0 amide bonds. The maximum Gasteiger partial charge on any atom is 0.416 e. The highest BCUT2D eigenvalue weighted by Crippen LogP contribution is 2.38. The van der Waals surface area contributed by atoms with E-state index in [1.54, 1.807) is 0 Å². The van der Waals surface area contributed by atoms with Gasteiger partial charge in [0, 0.05) is 12.1 Å². The van der Waals surface area contributed by atoms with Crippen molar-refractivity contribution in [3.63, 3.8) is 0 Å². The van der Waals surface area contributed by atoms with Crippen molar-refractivity contribution in [1.82, 2.24) is 0 Å². The monoisotopic (exact) mass is 301 g/mol. The van der Waals surface area contributed by atoms with Crippen molar-refractivity contribution in [2.24, 2.45) is 5.73 Å². The number of benzene rings is 1. The Morgan fingerprint density at radius 2 is 1.25 bits per heavy atom. The SMILES string of the molecule is CC(N)(CCO)c1cc(C(F)(F)F)cc(C(F)(F)F)c1. The zero-order valence-electron chi connectivity index (χ0n) is 10.4. The summed E-state index contributed by atoms with van der Waals surface area (Å²) >= 11 is 0. The number of halogens is 6. The molecule has 0 heterocycles. The summed E-state index contributed by atoms with van der Waals surface area (Å²) in [5.41, 5.74) is 1.02. The highest BCUT2D eigenvalue weighted by Gasteiger charge is 2.38. The molecule has 1 unspecified atom stereocenters. The van der Waals surface area contributed by atoms with E-state index in [0.29, 0.717) is 12.1 Å². The summed E-state index contributed by atoms with van der Waals surface area (Å²) in [7, 11) is 0. The Kier molecular flexibility index (Phi) is 4.40. The van der Waals surface area contributed by atoms with E-state index in [1.807, 2.05) is 0 Å². The molecule has 1 rings (SSSR count). The maximum atomic E-state index is 12.7. The summed E-state index contributed by atoms with van der Waals surface area (Å²) in [4.78, 5) is 0. The topological polar surface area (TPSA) is 46.2 Å². The van der Waals surface area contributed by atoms with Crippen molar-refractivity contribution in [2.75, 3.05) is 6.61 Å². The molecule has 1 atom stereocenters. The Hall–Kier alpha value is -1.28. The lowest BCUT2D eigenvalue weighted by molar-refractivity contribution is -0.143. The van der Waals surface area contributed by atoms with Crippen LogP contribution in [0.4, 0.5) is 26.3 Å². The first-order chi connectivity index (χ1) is 8.88. The van der Waals surface area contributed by atoms with Crippen LogP contribution in [0.25, 0.3) is 0 Å². The van der Waals surface area contributed by atoms with Crippen molar-refractivity contribution in [2.45, 2.75) is 31.2 Å². The fourth-order valence-electron chi connectivity index (χ4n) is 1.66. The lowest BCUT2D eigenvalue weighted by Crippen LogP contribution is -2.34. The fourth-order valence-corrected chi connectivity index (χ4v) is 1.66. The summed E-state index contributed by atoms with van der Waals surface area (Å²) in [6.07, 6.45) is -9.98. The van der Waals surface area contributed by atoms with Crippen LogP contribution in [-0.2, 0) is 17.9 Å². The summed E-state index contributed by atoms with van der Waals surface area (Å²) in [6, 6.07) is 1.19. The van der Waals surface area contributed by atoms with Gasteiger partial charge < -0.3 is 10.8 Å². The van der Waals surface area contributed by atoms with Gasteiger partial charge in [0.1, 0.15) is 0 Å². The second kappa shape index (κ2) is 5.25. The lowest BCUT2D eigenvalue weighted by atomic mass is 9.87. The first-order valence-electron chi connectivity index (χ1n) is 5.57. The van der Waals surface area contributed by atoms with Crippen LogP contribution >= 0.6 is 0 Å². The highest BCUT2D eigenvalue weighted by molar-refractivity contribution is 5.37. The van der Waals surface area contributed by atoms with Gasteiger partial charge in [0.25, 0.3) is 0 Å². The molecule has 0 saturated heterocycles. The molecule has 0 saturated carbocycles. The van der Waals surface area contributed by atoms with Crippen molar-refractivity contribution in [3.8, 4) is 0 Å². The Morgan fingerprint density at radius 1 is 0.900 bits per heavy atom. The number of aliphatic hydroxyl groups is 1. The zero-order valence-corrected chi connectivity index (χ0v) is 10.4. The fraction of sp³-hybridized carbons (Fsp3) is 0.500. The van der Waals surface area contributed by atoms with Crippen LogP contribution < -0.4 is 5.73 Å². The molecular weight excluding hydrogens is 288 g/mol. The second-order valence-corrected chi connectivity index (χ2v) is 4.69. The van der Waals surface area contributed by atoms with Crippen molar-refractivity contribution in [3.05, 3.63) is 34.9 Å². The van der Waals surface area contributed by atoms with Crippen LogP contribution in [0.15, 0.2) is 18.2 Å². The average Bonchev–Trinajstić information content (AvgIpc) is 2.26. The van der Waals surface area contributed by atoms with Crippen LogP contribution in [-0.4, -0.2) is 11.7 Å². The Morgan fingerprint density at radius 3 is 1.55 bits per heavy atom. The van der Waals surface area contributed by atoms with Crippen LogP contribution in [0, 0.1) is 0 Å². The Balaban J connectivity index is 3.46. The molecule has 1 aromatic rings.